The van der Waals surface area contributed by atoms with Crippen LogP contribution in [0.5, 0.6) is 0 Å². The van der Waals surface area contributed by atoms with E-state index in [1.807, 2.05) is 0 Å². The summed E-state index contributed by atoms with van der Waals surface area (Å²) in [4.78, 5) is 0. The number of hydrogen-bond donors (Lipinski definition) is 1. The van der Waals surface area contributed by atoms with Gasteiger partial charge in [0, 0.05) is 11.6 Å². The molecule has 1 N–H and O–H groups in total. The Morgan fingerprint density at radius 3 is 2.32 bits per heavy atom. The molecular formula is C15H14ClF2N. The molecule has 0 radical (unpaired) electrons. The van der Waals surface area contributed by atoms with E-state index in [9.17, 15) is 8.78 Å². The maximum absolute atomic E-state index is 13.1. The lowest BCUT2D eigenvalue weighted by Gasteiger charge is -2.06. The Morgan fingerprint density at radius 2 is 1.63 bits per heavy atom. The molecule has 19 heavy (non-hydrogen) atoms. The van der Waals surface area contributed by atoms with Crippen molar-refractivity contribution in [3.63, 3.8) is 0 Å². The fourth-order valence-corrected chi connectivity index (χ4v) is 2.07. The van der Waals surface area contributed by atoms with Crippen LogP contribution in [0.2, 0.25) is 5.02 Å². The molecule has 0 amide bonds. The predicted octanol–water partition coefficient (Wildman–Crippen LogP) is 3.95. The first-order valence-corrected chi connectivity index (χ1v) is 6.41. The van der Waals surface area contributed by atoms with Gasteiger partial charge in [-0.1, -0.05) is 23.7 Å². The van der Waals surface area contributed by atoms with Crippen LogP contribution >= 0.6 is 11.6 Å². The van der Waals surface area contributed by atoms with Crippen LogP contribution in [0, 0.1) is 11.6 Å². The third-order valence-electron chi connectivity index (χ3n) is 2.76. The van der Waals surface area contributed by atoms with Gasteiger partial charge in [0.05, 0.1) is 0 Å². The molecule has 0 bridgehead atoms. The highest BCUT2D eigenvalue weighted by molar-refractivity contribution is 6.30. The lowest BCUT2D eigenvalue weighted by molar-refractivity contribution is 0.619. The summed E-state index contributed by atoms with van der Waals surface area (Å²) in [7, 11) is 0. The highest BCUT2D eigenvalue weighted by atomic mass is 35.5. The average molecular weight is 282 g/mol. The molecule has 100 valence electrons. The molecule has 0 fully saturated rings. The SMILES string of the molecule is Fc1ccc(CCNCc2cc(F)cc(Cl)c2)cc1. The van der Waals surface area contributed by atoms with Crippen LogP contribution in [-0.4, -0.2) is 6.54 Å². The van der Waals surface area contributed by atoms with Crippen molar-refractivity contribution in [2.45, 2.75) is 13.0 Å². The van der Waals surface area contributed by atoms with Crippen LogP contribution in [0.3, 0.4) is 0 Å². The predicted molar refractivity (Wildman–Crippen MR) is 73.2 cm³/mol. The molecule has 2 rings (SSSR count). The molecule has 0 aliphatic rings. The van der Waals surface area contributed by atoms with E-state index in [1.54, 1.807) is 18.2 Å². The zero-order chi connectivity index (χ0) is 13.7. The molecule has 0 aromatic heterocycles. The molecule has 0 unspecified atom stereocenters. The second-order valence-corrected chi connectivity index (χ2v) is 4.77. The van der Waals surface area contributed by atoms with E-state index in [2.05, 4.69) is 5.32 Å². The molecule has 0 saturated carbocycles. The Labute approximate surface area is 116 Å². The molecule has 4 heteroatoms. The minimum Gasteiger partial charge on any atom is -0.312 e. The van der Waals surface area contributed by atoms with Crippen LogP contribution in [0.4, 0.5) is 8.78 Å². The minimum atomic E-state index is -0.331. The molecule has 0 aliphatic carbocycles. The number of nitrogens with one attached hydrogen (secondary N) is 1. The molecule has 2 aromatic carbocycles. The number of halogens is 3. The van der Waals surface area contributed by atoms with Gasteiger partial charge in [0.25, 0.3) is 0 Å². The van der Waals surface area contributed by atoms with Crippen molar-refractivity contribution in [3.05, 3.63) is 70.2 Å². The second-order valence-electron chi connectivity index (χ2n) is 4.33. The maximum Gasteiger partial charge on any atom is 0.125 e. The first-order chi connectivity index (χ1) is 9.13. The van der Waals surface area contributed by atoms with Gasteiger partial charge in [-0.15, -0.1) is 0 Å². The lowest BCUT2D eigenvalue weighted by atomic mass is 10.1. The molecule has 0 saturated heterocycles. The summed E-state index contributed by atoms with van der Waals surface area (Å²) >= 11 is 5.77. The first-order valence-electron chi connectivity index (χ1n) is 6.03. The van der Waals surface area contributed by atoms with E-state index in [4.69, 9.17) is 11.6 Å². The van der Waals surface area contributed by atoms with E-state index < -0.39 is 0 Å². The molecular weight excluding hydrogens is 268 g/mol. The van der Waals surface area contributed by atoms with Gasteiger partial charge in [-0.25, -0.2) is 8.78 Å². The third-order valence-corrected chi connectivity index (χ3v) is 2.97. The van der Waals surface area contributed by atoms with Crippen molar-refractivity contribution in [1.29, 1.82) is 0 Å². The molecule has 0 aliphatic heterocycles. The van der Waals surface area contributed by atoms with Crippen LogP contribution in [0.1, 0.15) is 11.1 Å². The van der Waals surface area contributed by atoms with Gasteiger partial charge >= 0.3 is 0 Å². The molecule has 2 aromatic rings. The molecule has 0 atom stereocenters. The van der Waals surface area contributed by atoms with Gasteiger partial charge in [0.1, 0.15) is 11.6 Å². The lowest BCUT2D eigenvalue weighted by Crippen LogP contribution is -2.16. The summed E-state index contributed by atoms with van der Waals surface area (Å²) in [6.45, 7) is 1.29. The van der Waals surface area contributed by atoms with Gasteiger partial charge in [-0.2, -0.15) is 0 Å². The summed E-state index contributed by atoms with van der Waals surface area (Å²) in [5.74, 6) is -0.561. The van der Waals surface area contributed by atoms with Gasteiger partial charge in [-0.05, 0) is 54.4 Å². The van der Waals surface area contributed by atoms with Crippen molar-refractivity contribution >= 4 is 11.6 Å². The van der Waals surface area contributed by atoms with E-state index in [0.717, 1.165) is 24.1 Å². The quantitative estimate of drug-likeness (QED) is 0.818. The Bertz CT molecular complexity index is 520. The highest BCUT2D eigenvalue weighted by Crippen LogP contribution is 2.13. The van der Waals surface area contributed by atoms with Crippen LogP contribution < -0.4 is 5.32 Å². The zero-order valence-corrected chi connectivity index (χ0v) is 11.1. The summed E-state index contributed by atoms with van der Waals surface area (Å²) in [6.07, 6.45) is 0.795. The smallest absolute Gasteiger partial charge is 0.125 e. The van der Waals surface area contributed by atoms with E-state index in [-0.39, 0.29) is 11.6 Å². The fourth-order valence-electron chi connectivity index (χ4n) is 1.83. The average Bonchev–Trinajstić information content (AvgIpc) is 2.36. The number of rotatable bonds is 5. The minimum absolute atomic E-state index is 0.230. The van der Waals surface area contributed by atoms with Gasteiger partial charge in [0.2, 0.25) is 0 Å². The topological polar surface area (TPSA) is 12.0 Å². The van der Waals surface area contributed by atoms with Crippen LogP contribution in [0.15, 0.2) is 42.5 Å². The third kappa shape index (κ3) is 4.62. The highest BCUT2D eigenvalue weighted by Gasteiger charge is 1.99. The Hall–Kier alpha value is -1.45. The zero-order valence-electron chi connectivity index (χ0n) is 10.3. The van der Waals surface area contributed by atoms with Gasteiger partial charge < -0.3 is 5.32 Å². The summed E-state index contributed by atoms with van der Waals surface area (Å²) in [5.41, 5.74) is 1.87. The Morgan fingerprint density at radius 1 is 0.895 bits per heavy atom. The summed E-state index contributed by atoms with van der Waals surface area (Å²) < 4.78 is 25.8. The van der Waals surface area contributed by atoms with Crippen molar-refractivity contribution in [2.75, 3.05) is 6.54 Å². The summed E-state index contributed by atoms with van der Waals surface area (Å²) in [5, 5.41) is 3.60. The molecule has 1 nitrogen and oxygen atoms in total. The Kier molecular flexibility index (Phi) is 4.88. The normalized spacial score (nSPS) is 10.7. The largest absolute Gasteiger partial charge is 0.312 e. The summed E-state index contributed by atoms with van der Waals surface area (Å²) in [6, 6.07) is 10.9. The van der Waals surface area contributed by atoms with Crippen molar-refractivity contribution in [2.24, 2.45) is 0 Å². The monoisotopic (exact) mass is 281 g/mol. The fraction of sp³-hybridized carbons (Fsp3) is 0.200. The maximum atomic E-state index is 13.1. The molecule has 0 spiro atoms. The number of benzene rings is 2. The standard InChI is InChI=1S/C15H14ClF2N/c16-13-7-12(8-15(18)9-13)10-19-6-5-11-1-3-14(17)4-2-11/h1-4,7-9,19H,5-6,10H2. The van der Waals surface area contributed by atoms with E-state index >= 15 is 0 Å². The number of hydrogen-bond acceptors (Lipinski definition) is 1. The Balaban J connectivity index is 1.79. The first kappa shape index (κ1) is 14.0. The second kappa shape index (κ2) is 6.64. The molecule has 0 heterocycles. The van der Waals surface area contributed by atoms with Crippen LogP contribution in [0.25, 0.3) is 0 Å². The van der Waals surface area contributed by atoms with Gasteiger partial charge in [0.15, 0.2) is 0 Å². The van der Waals surface area contributed by atoms with Crippen molar-refractivity contribution in [1.82, 2.24) is 5.32 Å². The van der Waals surface area contributed by atoms with Crippen molar-refractivity contribution in [3.8, 4) is 0 Å². The van der Waals surface area contributed by atoms with Crippen molar-refractivity contribution < 1.29 is 8.78 Å². The van der Waals surface area contributed by atoms with E-state index in [0.29, 0.717) is 11.6 Å². The van der Waals surface area contributed by atoms with Gasteiger partial charge in [-0.3, -0.25) is 0 Å². The van der Waals surface area contributed by atoms with E-state index in [1.165, 1.54) is 24.3 Å². The van der Waals surface area contributed by atoms with Crippen LogP contribution in [-0.2, 0) is 13.0 Å².